The smallest absolute Gasteiger partial charge is 0.243 e. The predicted octanol–water partition coefficient (Wildman–Crippen LogP) is 3.02. The summed E-state index contributed by atoms with van der Waals surface area (Å²) >= 11 is 0. The molecule has 168 valence electrons. The molecule has 1 aliphatic rings. The van der Waals surface area contributed by atoms with E-state index in [1.807, 2.05) is 6.07 Å². The third-order valence-electron chi connectivity index (χ3n) is 5.67. The number of rotatable bonds is 9. The zero-order chi connectivity index (χ0) is 22.4. The Balaban J connectivity index is 1.96. The monoisotopic (exact) mass is 446 g/mol. The highest BCUT2D eigenvalue weighted by Crippen LogP contribution is 2.41. The number of ether oxygens (including phenoxy) is 2. The number of unbranched alkanes of at least 4 members (excludes halogenated alkanes) is 1. The molecule has 0 unspecified atom stereocenters. The van der Waals surface area contributed by atoms with Gasteiger partial charge in [0.25, 0.3) is 0 Å². The van der Waals surface area contributed by atoms with Crippen molar-refractivity contribution in [1.82, 2.24) is 9.62 Å². The third kappa shape index (κ3) is 5.02. The van der Waals surface area contributed by atoms with Gasteiger partial charge in [0.1, 0.15) is 11.5 Å². The van der Waals surface area contributed by atoms with Crippen LogP contribution < -0.4 is 14.8 Å². The summed E-state index contributed by atoms with van der Waals surface area (Å²) in [6, 6.07) is 13.7. The van der Waals surface area contributed by atoms with E-state index in [0.717, 1.165) is 18.4 Å². The van der Waals surface area contributed by atoms with Crippen LogP contribution in [0.15, 0.2) is 53.4 Å². The molecule has 0 spiro atoms. The predicted molar refractivity (Wildman–Crippen MR) is 119 cm³/mol. The van der Waals surface area contributed by atoms with E-state index < -0.39 is 15.9 Å². The summed E-state index contributed by atoms with van der Waals surface area (Å²) in [6.07, 6.45) is 1.84. The van der Waals surface area contributed by atoms with Crippen molar-refractivity contribution in [3.63, 3.8) is 0 Å². The molecule has 8 heteroatoms. The molecule has 0 saturated carbocycles. The van der Waals surface area contributed by atoms with Crippen LogP contribution in [-0.4, -0.2) is 52.5 Å². The van der Waals surface area contributed by atoms with E-state index in [0.29, 0.717) is 18.0 Å². The topological polar surface area (TPSA) is 84.9 Å². The average molecular weight is 447 g/mol. The first kappa shape index (κ1) is 23.1. The molecule has 1 amide bonds. The van der Waals surface area contributed by atoms with Gasteiger partial charge in [0.2, 0.25) is 15.9 Å². The molecular weight excluding hydrogens is 416 g/mol. The number of hydrogen-bond acceptors (Lipinski definition) is 5. The molecule has 7 nitrogen and oxygen atoms in total. The fourth-order valence-electron chi connectivity index (χ4n) is 3.93. The number of methoxy groups -OCH3 is 2. The van der Waals surface area contributed by atoms with Crippen LogP contribution in [0.2, 0.25) is 0 Å². The Kier molecular flexibility index (Phi) is 7.56. The SMILES string of the molecule is CCCCNC(=O)[C@H]1CN(S(=O)(=O)c2ccccc2)C[C@@H]1c1ccc(OC)cc1OC. The highest BCUT2D eigenvalue weighted by molar-refractivity contribution is 7.89. The summed E-state index contributed by atoms with van der Waals surface area (Å²) in [4.78, 5) is 13.3. The van der Waals surface area contributed by atoms with Gasteiger partial charge in [-0.25, -0.2) is 8.42 Å². The zero-order valence-corrected chi connectivity index (χ0v) is 19.0. The minimum atomic E-state index is -3.72. The van der Waals surface area contributed by atoms with Gasteiger partial charge in [0.15, 0.2) is 0 Å². The fourth-order valence-corrected chi connectivity index (χ4v) is 5.44. The second-order valence-corrected chi connectivity index (χ2v) is 9.54. The molecule has 2 aromatic carbocycles. The summed E-state index contributed by atoms with van der Waals surface area (Å²) in [5.74, 6) is 0.228. The normalized spacial score (nSPS) is 19.2. The van der Waals surface area contributed by atoms with E-state index in [2.05, 4.69) is 12.2 Å². The molecule has 2 aromatic rings. The van der Waals surface area contributed by atoms with Gasteiger partial charge in [0.05, 0.1) is 25.0 Å². The van der Waals surface area contributed by atoms with Crippen LogP contribution in [0.25, 0.3) is 0 Å². The number of benzene rings is 2. The van der Waals surface area contributed by atoms with Crippen LogP contribution in [0, 0.1) is 5.92 Å². The van der Waals surface area contributed by atoms with Crippen LogP contribution >= 0.6 is 0 Å². The van der Waals surface area contributed by atoms with E-state index in [-0.39, 0.29) is 29.8 Å². The van der Waals surface area contributed by atoms with Crippen LogP contribution in [0.3, 0.4) is 0 Å². The Hall–Kier alpha value is -2.58. The quantitative estimate of drug-likeness (QED) is 0.599. The molecule has 0 aromatic heterocycles. The molecule has 31 heavy (non-hydrogen) atoms. The van der Waals surface area contributed by atoms with Gasteiger partial charge in [-0.3, -0.25) is 4.79 Å². The van der Waals surface area contributed by atoms with Crippen molar-refractivity contribution >= 4 is 15.9 Å². The van der Waals surface area contributed by atoms with E-state index in [9.17, 15) is 13.2 Å². The molecule has 3 rings (SSSR count). The lowest BCUT2D eigenvalue weighted by Crippen LogP contribution is -2.36. The standard InChI is InChI=1S/C23H30N2O5S/c1-4-5-13-24-23(26)21-16-25(31(27,28)18-9-7-6-8-10-18)15-20(21)19-12-11-17(29-2)14-22(19)30-3/h6-12,14,20-21H,4-5,13,15-16H2,1-3H3,(H,24,26)/t20-,21+/m1/s1. The van der Waals surface area contributed by atoms with E-state index in [1.54, 1.807) is 56.7 Å². The number of carbonyl (C=O) groups excluding carboxylic acids is 1. The summed E-state index contributed by atoms with van der Waals surface area (Å²) in [7, 11) is -0.587. The Morgan fingerprint density at radius 3 is 2.48 bits per heavy atom. The average Bonchev–Trinajstić information content (AvgIpc) is 3.25. The van der Waals surface area contributed by atoms with Crippen molar-refractivity contribution in [3.8, 4) is 11.5 Å². The van der Waals surface area contributed by atoms with Crippen molar-refractivity contribution < 1.29 is 22.7 Å². The maximum absolute atomic E-state index is 13.2. The first-order valence-electron chi connectivity index (χ1n) is 10.5. The Morgan fingerprint density at radius 2 is 1.84 bits per heavy atom. The second-order valence-electron chi connectivity index (χ2n) is 7.60. The van der Waals surface area contributed by atoms with Gasteiger partial charge in [-0.2, -0.15) is 4.31 Å². The largest absolute Gasteiger partial charge is 0.497 e. The molecule has 0 bridgehead atoms. The van der Waals surface area contributed by atoms with Gasteiger partial charge in [-0.1, -0.05) is 37.6 Å². The second kappa shape index (κ2) is 10.2. The summed E-state index contributed by atoms with van der Waals surface area (Å²) in [5, 5.41) is 2.97. The van der Waals surface area contributed by atoms with E-state index in [1.165, 1.54) is 4.31 Å². The van der Waals surface area contributed by atoms with Gasteiger partial charge in [0, 0.05) is 31.6 Å². The van der Waals surface area contributed by atoms with E-state index in [4.69, 9.17) is 9.47 Å². The number of sulfonamides is 1. The summed E-state index contributed by atoms with van der Waals surface area (Å²) < 4.78 is 38.7. The number of hydrogen-bond donors (Lipinski definition) is 1. The zero-order valence-electron chi connectivity index (χ0n) is 18.2. The van der Waals surface area contributed by atoms with Crippen LogP contribution in [-0.2, 0) is 14.8 Å². The Morgan fingerprint density at radius 1 is 1.10 bits per heavy atom. The number of amides is 1. The van der Waals surface area contributed by atoms with E-state index >= 15 is 0 Å². The van der Waals surface area contributed by atoms with Crippen LogP contribution in [0.4, 0.5) is 0 Å². The van der Waals surface area contributed by atoms with Gasteiger partial charge >= 0.3 is 0 Å². The molecule has 1 saturated heterocycles. The number of nitrogens with one attached hydrogen (secondary N) is 1. The minimum absolute atomic E-state index is 0.120. The lowest BCUT2D eigenvalue weighted by molar-refractivity contribution is -0.124. The fraction of sp³-hybridized carbons (Fsp3) is 0.435. The molecule has 2 atom stereocenters. The molecule has 1 heterocycles. The maximum atomic E-state index is 13.2. The lowest BCUT2D eigenvalue weighted by atomic mass is 9.87. The maximum Gasteiger partial charge on any atom is 0.243 e. The lowest BCUT2D eigenvalue weighted by Gasteiger charge is -2.21. The molecule has 1 fully saturated rings. The van der Waals surface area contributed by atoms with Crippen molar-refractivity contribution in [3.05, 3.63) is 54.1 Å². The molecular formula is C23H30N2O5S. The Labute approximate surface area is 184 Å². The molecule has 1 aliphatic heterocycles. The third-order valence-corrected chi connectivity index (χ3v) is 7.52. The molecule has 0 radical (unpaired) electrons. The highest BCUT2D eigenvalue weighted by atomic mass is 32.2. The number of carbonyl (C=O) groups is 1. The summed E-state index contributed by atoms with van der Waals surface area (Å²) in [5.41, 5.74) is 0.796. The summed E-state index contributed by atoms with van der Waals surface area (Å²) in [6.45, 7) is 2.95. The van der Waals surface area contributed by atoms with Gasteiger partial charge in [-0.15, -0.1) is 0 Å². The van der Waals surface area contributed by atoms with Crippen LogP contribution in [0.5, 0.6) is 11.5 Å². The minimum Gasteiger partial charge on any atom is -0.497 e. The van der Waals surface area contributed by atoms with Gasteiger partial charge in [-0.05, 0) is 30.2 Å². The van der Waals surface area contributed by atoms with Crippen molar-refractivity contribution in [2.24, 2.45) is 5.92 Å². The van der Waals surface area contributed by atoms with Gasteiger partial charge < -0.3 is 14.8 Å². The van der Waals surface area contributed by atoms with Crippen molar-refractivity contribution in [2.45, 2.75) is 30.6 Å². The van der Waals surface area contributed by atoms with Crippen molar-refractivity contribution in [1.29, 1.82) is 0 Å². The molecule has 1 N–H and O–H groups in total. The number of nitrogens with zero attached hydrogens (tertiary/aromatic N) is 1. The highest BCUT2D eigenvalue weighted by Gasteiger charge is 2.44. The first-order chi connectivity index (χ1) is 14.9. The molecule has 0 aliphatic carbocycles. The van der Waals surface area contributed by atoms with Crippen molar-refractivity contribution in [2.75, 3.05) is 33.9 Å². The first-order valence-corrected chi connectivity index (χ1v) is 11.9. The Bertz CT molecular complexity index is 994. The van der Waals surface area contributed by atoms with Crippen LogP contribution in [0.1, 0.15) is 31.2 Å².